The van der Waals surface area contributed by atoms with E-state index < -0.39 is 12.0 Å². The predicted molar refractivity (Wildman–Crippen MR) is 65.9 cm³/mol. The van der Waals surface area contributed by atoms with E-state index in [0.29, 0.717) is 0 Å². The maximum atomic E-state index is 11.2. The molecule has 4 heteroatoms. The van der Waals surface area contributed by atoms with Gasteiger partial charge in [0, 0.05) is 4.70 Å². The van der Waals surface area contributed by atoms with E-state index >= 15 is 0 Å². The zero-order chi connectivity index (χ0) is 11.7. The van der Waals surface area contributed by atoms with Crippen molar-refractivity contribution in [2.24, 2.45) is 0 Å². The molecule has 2 aromatic rings. The van der Waals surface area contributed by atoms with Crippen molar-refractivity contribution in [2.75, 3.05) is 14.1 Å². The van der Waals surface area contributed by atoms with Crippen molar-refractivity contribution in [1.82, 2.24) is 4.90 Å². The molecule has 0 amide bonds. The zero-order valence-electron chi connectivity index (χ0n) is 9.18. The van der Waals surface area contributed by atoms with Gasteiger partial charge in [-0.25, -0.2) is 0 Å². The Hall–Kier alpha value is -1.39. The van der Waals surface area contributed by atoms with Crippen molar-refractivity contribution in [3.8, 4) is 0 Å². The molecule has 3 nitrogen and oxygen atoms in total. The molecular weight excluding hydrogens is 222 g/mol. The molecule has 1 aromatic heterocycles. The Kier molecular flexibility index (Phi) is 2.94. The van der Waals surface area contributed by atoms with E-state index in [9.17, 15) is 9.90 Å². The second-order valence-electron chi connectivity index (χ2n) is 3.89. The first-order valence-electron chi connectivity index (χ1n) is 4.96. The fourth-order valence-electron chi connectivity index (χ4n) is 1.84. The van der Waals surface area contributed by atoms with E-state index in [4.69, 9.17) is 0 Å². The third-order valence-electron chi connectivity index (χ3n) is 2.56. The van der Waals surface area contributed by atoms with Crippen molar-refractivity contribution in [3.63, 3.8) is 0 Å². The number of benzene rings is 1. The second-order valence-corrected chi connectivity index (χ2v) is 4.80. The van der Waals surface area contributed by atoms with Gasteiger partial charge in [-0.3, -0.25) is 9.69 Å². The standard InChI is InChI=1S/C12H13NO2S/c1-13(2)11(12(14)15)9-7-16-10-6-4-3-5-8(9)10/h3-7,11H,1-2H3,(H,14,15)/t11-/m0/s1. The van der Waals surface area contributed by atoms with Crippen LogP contribution in [0, 0.1) is 0 Å². The highest BCUT2D eigenvalue weighted by molar-refractivity contribution is 7.17. The molecule has 1 aromatic carbocycles. The highest BCUT2D eigenvalue weighted by Crippen LogP contribution is 2.32. The summed E-state index contributed by atoms with van der Waals surface area (Å²) < 4.78 is 1.13. The van der Waals surface area contributed by atoms with Crippen LogP contribution in [-0.2, 0) is 4.79 Å². The molecular formula is C12H13NO2S. The number of aliphatic carboxylic acids is 1. The average Bonchev–Trinajstić information content (AvgIpc) is 2.61. The molecule has 16 heavy (non-hydrogen) atoms. The minimum atomic E-state index is -0.812. The Balaban J connectivity index is 2.57. The fraction of sp³-hybridized carbons (Fsp3) is 0.250. The van der Waals surface area contributed by atoms with Gasteiger partial charge in [0.15, 0.2) is 0 Å². The van der Waals surface area contributed by atoms with E-state index in [-0.39, 0.29) is 0 Å². The SMILES string of the molecule is CN(C)[C@H](C(=O)O)c1csc2ccccc12. The lowest BCUT2D eigenvalue weighted by Crippen LogP contribution is -2.27. The van der Waals surface area contributed by atoms with Crippen LogP contribution in [0.4, 0.5) is 0 Å². The number of fused-ring (bicyclic) bond motifs is 1. The van der Waals surface area contributed by atoms with Gasteiger partial charge < -0.3 is 5.11 Å². The molecule has 0 saturated carbocycles. The maximum absolute atomic E-state index is 11.2. The Morgan fingerprint density at radius 1 is 1.38 bits per heavy atom. The summed E-state index contributed by atoms with van der Waals surface area (Å²) in [5.74, 6) is -0.812. The maximum Gasteiger partial charge on any atom is 0.325 e. The lowest BCUT2D eigenvalue weighted by Gasteiger charge is -2.19. The summed E-state index contributed by atoms with van der Waals surface area (Å²) in [5, 5.41) is 12.2. The minimum Gasteiger partial charge on any atom is -0.480 e. The van der Waals surface area contributed by atoms with E-state index in [0.717, 1.165) is 15.6 Å². The number of carboxylic acids is 1. The van der Waals surface area contributed by atoms with Crippen LogP contribution in [0.1, 0.15) is 11.6 Å². The van der Waals surface area contributed by atoms with Crippen molar-refractivity contribution in [2.45, 2.75) is 6.04 Å². The van der Waals surface area contributed by atoms with Crippen LogP contribution in [0.2, 0.25) is 0 Å². The van der Waals surface area contributed by atoms with Crippen molar-refractivity contribution in [3.05, 3.63) is 35.2 Å². The number of carboxylic acid groups (broad SMARTS) is 1. The average molecular weight is 235 g/mol. The molecule has 0 unspecified atom stereocenters. The number of hydrogen-bond donors (Lipinski definition) is 1. The summed E-state index contributed by atoms with van der Waals surface area (Å²) in [6, 6.07) is 7.32. The molecule has 84 valence electrons. The van der Waals surface area contributed by atoms with Crippen LogP contribution >= 0.6 is 11.3 Å². The first-order chi connectivity index (χ1) is 7.61. The van der Waals surface area contributed by atoms with E-state index in [1.54, 1.807) is 30.3 Å². The summed E-state index contributed by atoms with van der Waals surface area (Å²) in [6.07, 6.45) is 0. The summed E-state index contributed by atoms with van der Waals surface area (Å²) in [7, 11) is 3.57. The topological polar surface area (TPSA) is 40.5 Å². The van der Waals surface area contributed by atoms with Crippen molar-refractivity contribution in [1.29, 1.82) is 0 Å². The molecule has 0 radical (unpaired) electrons. The smallest absolute Gasteiger partial charge is 0.325 e. The monoisotopic (exact) mass is 235 g/mol. The van der Waals surface area contributed by atoms with Crippen LogP contribution in [0.15, 0.2) is 29.6 Å². The number of hydrogen-bond acceptors (Lipinski definition) is 3. The van der Waals surface area contributed by atoms with Gasteiger partial charge in [-0.1, -0.05) is 18.2 Å². The number of rotatable bonds is 3. The summed E-state index contributed by atoms with van der Waals surface area (Å²) in [4.78, 5) is 13.0. The van der Waals surface area contributed by atoms with Gasteiger partial charge in [-0.2, -0.15) is 0 Å². The number of thiophene rings is 1. The largest absolute Gasteiger partial charge is 0.480 e. The molecule has 0 spiro atoms. The van der Waals surface area contributed by atoms with Gasteiger partial charge in [0.2, 0.25) is 0 Å². The molecule has 0 fully saturated rings. The Bertz CT molecular complexity index is 518. The van der Waals surface area contributed by atoms with Crippen molar-refractivity contribution >= 4 is 27.4 Å². The highest BCUT2D eigenvalue weighted by Gasteiger charge is 2.24. The summed E-state index contributed by atoms with van der Waals surface area (Å²) in [6.45, 7) is 0. The van der Waals surface area contributed by atoms with Crippen LogP contribution in [0.3, 0.4) is 0 Å². The quantitative estimate of drug-likeness (QED) is 0.889. The molecule has 1 atom stereocenters. The number of likely N-dealkylation sites (N-methyl/N-ethyl adjacent to an activating group) is 1. The lowest BCUT2D eigenvalue weighted by atomic mass is 10.1. The molecule has 0 saturated heterocycles. The minimum absolute atomic E-state index is 0.573. The van der Waals surface area contributed by atoms with E-state index in [1.807, 2.05) is 29.6 Å². The van der Waals surface area contributed by atoms with Gasteiger partial charge in [0.1, 0.15) is 6.04 Å². The molecule has 0 aliphatic carbocycles. The normalized spacial score (nSPS) is 13.2. The molecule has 0 bridgehead atoms. The second kappa shape index (κ2) is 4.23. The molecule has 0 aliphatic rings. The molecule has 1 heterocycles. The lowest BCUT2D eigenvalue weighted by molar-refractivity contribution is -0.142. The summed E-state index contributed by atoms with van der Waals surface area (Å²) in [5.41, 5.74) is 0.873. The van der Waals surface area contributed by atoms with Crippen LogP contribution in [-0.4, -0.2) is 30.1 Å². The molecule has 1 N–H and O–H groups in total. The van der Waals surface area contributed by atoms with Crippen molar-refractivity contribution < 1.29 is 9.90 Å². The van der Waals surface area contributed by atoms with Gasteiger partial charge in [0.05, 0.1) is 0 Å². The Morgan fingerprint density at radius 2 is 2.06 bits per heavy atom. The number of nitrogens with zero attached hydrogens (tertiary/aromatic N) is 1. The fourth-order valence-corrected chi connectivity index (χ4v) is 2.82. The Morgan fingerprint density at radius 3 is 2.69 bits per heavy atom. The van der Waals surface area contributed by atoms with Gasteiger partial charge >= 0.3 is 5.97 Å². The van der Waals surface area contributed by atoms with E-state index in [1.165, 1.54) is 0 Å². The number of carbonyl (C=O) groups is 1. The van der Waals surface area contributed by atoms with Crippen LogP contribution in [0.25, 0.3) is 10.1 Å². The third-order valence-corrected chi connectivity index (χ3v) is 3.54. The first-order valence-corrected chi connectivity index (χ1v) is 5.84. The predicted octanol–water partition coefficient (Wildman–Crippen LogP) is 2.59. The van der Waals surface area contributed by atoms with Gasteiger partial charge in [-0.05, 0) is 36.5 Å². The third kappa shape index (κ3) is 1.81. The van der Waals surface area contributed by atoms with Gasteiger partial charge in [-0.15, -0.1) is 11.3 Å². The summed E-state index contributed by atoms with van der Waals surface area (Å²) >= 11 is 1.59. The molecule has 0 aliphatic heterocycles. The van der Waals surface area contributed by atoms with Crippen LogP contribution < -0.4 is 0 Å². The zero-order valence-corrected chi connectivity index (χ0v) is 9.99. The first kappa shape index (κ1) is 11.1. The van der Waals surface area contributed by atoms with E-state index in [2.05, 4.69) is 0 Å². The molecule has 2 rings (SSSR count). The van der Waals surface area contributed by atoms with Crippen LogP contribution in [0.5, 0.6) is 0 Å². The van der Waals surface area contributed by atoms with Gasteiger partial charge in [0.25, 0.3) is 0 Å². The highest BCUT2D eigenvalue weighted by atomic mass is 32.1. The Labute approximate surface area is 97.9 Å².